The molecule has 1 saturated carbocycles. The highest BCUT2D eigenvalue weighted by atomic mass is 32.2. The summed E-state index contributed by atoms with van der Waals surface area (Å²) < 4.78 is 29.4. The highest BCUT2D eigenvalue weighted by Gasteiger charge is 2.31. The lowest BCUT2D eigenvalue weighted by molar-refractivity contribution is -0.134. The first-order chi connectivity index (χ1) is 16.4. The first kappa shape index (κ1) is 23.9. The van der Waals surface area contributed by atoms with Gasteiger partial charge >= 0.3 is 0 Å². The van der Waals surface area contributed by atoms with Gasteiger partial charge in [0.15, 0.2) is 0 Å². The van der Waals surface area contributed by atoms with Crippen molar-refractivity contribution in [3.05, 3.63) is 77.9 Å². The number of carbonyl (C=O) groups excluding carboxylic acids is 1. The molecule has 0 spiro atoms. The van der Waals surface area contributed by atoms with Gasteiger partial charge in [0.1, 0.15) is 6.04 Å². The normalized spacial score (nSPS) is 15.5. The third-order valence-corrected chi connectivity index (χ3v) is 8.09. The number of carbonyl (C=O) groups is 1. The lowest BCUT2D eigenvalue weighted by Gasteiger charge is -2.34. The van der Waals surface area contributed by atoms with Crippen LogP contribution in [0.4, 0.5) is 0 Å². The van der Waals surface area contributed by atoms with Crippen LogP contribution in [0.3, 0.4) is 0 Å². The van der Waals surface area contributed by atoms with E-state index in [0.29, 0.717) is 5.56 Å². The van der Waals surface area contributed by atoms with Crippen molar-refractivity contribution in [2.24, 2.45) is 0 Å². The molecule has 0 aliphatic heterocycles. The highest BCUT2D eigenvalue weighted by molar-refractivity contribution is 7.89. The van der Waals surface area contributed by atoms with Crippen LogP contribution in [-0.2, 0) is 21.2 Å². The number of fused-ring (bicyclic) bond motifs is 1. The van der Waals surface area contributed by atoms with E-state index in [1.807, 2.05) is 24.3 Å². The lowest BCUT2D eigenvalue weighted by atomic mass is 9.93. The monoisotopic (exact) mass is 475 g/mol. The van der Waals surface area contributed by atoms with Gasteiger partial charge in [-0.05, 0) is 59.9 Å². The largest absolute Gasteiger partial charge is 0.341 e. The SMILES string of the molecule is CN(C(=O)C(Cc1ccc(C#N)cc1)NS(=O)(=O)c1ccc2ccccc2c1)C1CCCCC1. The van der Waals surface area contributed by atoms with Crippen LogP contribution in [0.5, 0.6) is 0 Å². The summed E-state index contributed by atoms with van der Waals surface area (Å²) in [6.07, 6.45) is 5.39. The van der Waals surface area contributed by atoms with E-state index < -0.39 is 16.1 Å². The molecule has 3 aromatic carbocycles. The zero-order chi connectivity index (χ0) is 24.1. The smallest absolute Gasteiger partial charge is 0.241 e. The molecule has 176 valence electrons. The first-order valence-corrected chi connectivity index (χ1v) is 13.1. The molecule has 4 rings (SSSR count). The number of sulfonamides is 1. The molecule has 34 heavy (non-hydrogen) atoms. The second kappa shape index (κ2) is 10.4. The molecule has 0 radical (unpaired) electrons. The average Bonchev–Trinajstić information content (AvgIpc) is 2.88. The van der Waals surface area contributed by atoms with Gasteiger partial charge in [-0.2, -0.15) is 9.98 Å². The van der Waals surface area contributed by atoms with Gasteiger partial charge in [-0.3, -0.25) is 4.79 Å². The number of hydrogen-bond donors (Lipinski definition) is 1. The summed E-state index contributed by atoms with van der Waals surface area (Å²) in [5, 5.41) is 10.8. The van der Waals surface area contributed by atoms with Crippen LogP contribution in [0.15, 0.2) is 71.6 Å². The Morgan fingerprint density at radius 2 is 1.71 bits per heavy atom. The Balaban J connectivity index is 1.62. The van der Waals surface area contributed by atoms with Gasteiger partial charge in [0.25, 0.3) is 0 Å². The van der Waals surface area contributed by atoms with Crippen molar-refractivity contribution in [2.45, 2.75) is 55.5 Å². The quantitative estimate of drug-likeness (QED) is 0.549. The van der Waals surface area contributed by atoms with Gasteiger partial charge in [-0.1, -0.05) is 61.7 Å². The van der Waals surface area contributed by atoms with E-state index >= 15 is 0 Å². The van der Waals surface area contributed by atoms with Gasteiger partial charge in [-0.15, -0.1) is 0 Å². The third kappa shape index (κ3) is 5.46. The van der Waals surface area contributed by atoms with Crippen molar-refractivity contribution in [3.63, 3.8) is 0 Å². The summed E-state index contributed by atoms with van der Waals surface area (Å²) in [6.45, 7) is 0. The summed E-state index contributed by atoms with van der Waals surface area (Å²) in [7, 11) is -2.17. The second-order valence-electron chi connectivity index (χ2n) is 8.94. The van der Waals surface area contributed by atoms with Crippen LogP contribution < -0.4 is 4.72 Å². The summed E-state index contributed by atoms with van der Waals surface area (Å²) in [5.41, 5.74) is 1.30. The molecule has 1 aliphatic carbocycles. The minimum Gasteiger partial charge on any atom is -0.341 e. The summed E-state index contributed by atoms with van der Waals surface area (Å²) in [5.74, 6) is -0.236. The van der Waals surface area contributed by atoms with Gasteiger partial charge in [0, 0.05) is 13.1 Å². The predicted molar refractivity (Wildman–Crippen MR) is 133 cm³/mol. The summed E-state index contributed by atoms with van der Waals surface area (Å²) in [4.78, 5) is 15.4. The number of benzene rings is 3. The van der Waals surface area contributed by atoms with E-state index in [0.717, 1.165) is 42.0 Å². The van der Waals surface area contributed by atoms with E-state index in [1.54, 1.807) is 54.4 Å². The molecule has 1 fully saturated rings. The van der Waals surface area contributed by atoms with Crippen LogP contribution in [0.2, 0.25) is 0 Å². The molecular formula is C27H29N3O3S. The Hall–Kier alpha value is -3.21. The van der Waals surface area contributed by atoms with Crippen molar-refractivity contribution >= 4 is 26.7 Å². The standard InChI is InChI=1S/C27H29N3O3S/c1-30(24-9-3-2-4-10-24)27(31)26(17-20-11-13-21(19-28)14-12-20)29-34(32,33)25-16-15-22-7-5-6-8-23(22)18-25/h5-8,11-16,18,24,26,29H,2-4,9-10,17H2,1H3. The maximum atomic E-state index is 13.5. The van der Waals surface area contributed by atoms with Crippen molar-refractivity contribution in [3.8, 4) is 6.07 Å². The fraction of sp³-hybridized carbons (Fsp3) is 0.333. The zero-order valence-corrected chi connectivity index (χ0v) is 20.1. The minimum atomic E-state index is -3.94. The first-order valence-electron chi connectivity index (χ1n) is 11.6. The van der Waals surface area contributed by atoms with Crippen molar-refractivity contribution in [2.75, 3.05) is 7.05 Å². The molecule has 1 N–H and O–H groups in total. The molecule has 0 saturated heterocycles. The molecule has 0 aromatic heterocycles. The van der Waals surface area contributed by atoms with E-state index in [9.17, 15) is 13.2 Å². The Morgan fingerprint density at radius 1 is 1.03 bits per heavy atom. The molecule has 1 aliphatic rings. The molecule has 6 nitrogen and oxygen atoms in total. The topological polar surface area (TPSA) is 90.3 Å². The zero-order valence-electron chi connectivity index (χ0n) is 19.3. The van der Waals surface area contributed by atoms with Crippen LogP contribution >= 0.6 is 0 Å². The molecular weight excluding hydrogens is 446 g/mol. The third-order valence-electron chi connectivity index (χ3n) is 6.62. The average molecular weight is 476 g/mol. The number of nitrogens with one attached hydrogen (secondary N) is 1. The molecule has 1 unspecified atom stereocenters. The van der Waals surface area contributed by atoms with Crippen LogP contribution in [0, 0.1) is 11.3 Å². The van der Waals surface area contributed by atoms with Crippen molar-refractivity contribution in [1.29, 1.82) is 5.26 Å². The molecule has 1 atom stereocenters. The number of hydrogen-bond acceptors (Lipinski definition) is 4. The number of amides is 1. The van der Waals surface area contributed by atoms with Gasteiger partial charge in [0.05, 0.1) is 16.5 Å². The summed E-state index contributed by atoms with van der Waals surface area (Å²) in [6, 6.07) is 20.7. The number of rotatable bonds is 7. The second-order valence-corrected chi connectivity index (χ2v) is 10.7. The van der Waals surface area contributed by atoms with E-state index in [4.69, 9.17) is 5.26 Å². The van der Waals surface area contributed by atoms with Gasteiger partial charge in [0.2, 0.25) is 15.9 Å². The predicted octanol–water partition coefficient (Wildman–Crippen LogP) is 4.39. The molecule has 1 amide bonds. The van der Waals surface area contributed by atoms with E-state index in [1.165, 1.54) is 6.42 Å². The fourth-order valence-electron chi connectivity index (χ4n) is 4.61. The Morgan fingerprint density at radius 3 is 2.38 bits per heavy atom. The van der Waals surface area contributed by atoms with Gasteiger partial charge in [-0.25, -0.2) is 8.42 Å². The van der Waals surface area contributed by atoms with Crippen molar-refractivity contribution in [1.82, 2.24) is 9.62 Å². The highest BCUT2D eigenvalue weighted by Crippen LogP contribution is 2.24. The molecule has 3 aromatic rings. The molecule has 7 heteroatoms. The molecule has 0 bridgehead atoms. The van der Waals surface area contributed by atoms with E-state index in [2.05, 4.69) is 10.8 Å². The number of nitriles is 1. The fourth-order valence-corrected chi connectivity index (χ4v) is 5.84. The molecule has 0 heterocycles. The van der Waals surface area contributed by atoms with Gasteiger partial charge < -0.3 is 4.90 Å². The van der Waals surface area contributed by atoms with Crippen LogP contribution in [0.1, 0.15) is 43.2 Å². The minimum absolute atomic E-state index is 0.120. The Kier molecular flexibility index (Phi) is 7.30. The summed E-state index contributed by atoms with van der Waals surface area (Å²) >= 11 is 0. The van der Waals surface area contributed by atoms with E-state index in [-0.39, 0.29) is 23.3 Å². The Labute approximate surface area is 201 Å². The van der Waals surface area contributed by atoms with Crippen LogP contribution in [0.25, 0.3) is 10.8 Å². The lowest BCUT2D eigenvalue weighted by Crippen LogP contribution is -2.51. The maximum Gasteiger partial charge on any atom is 0.241 e. The maximum absolute atomic E-state index is 13.5. The number of nitrogens with zero attached hydrogens (tertiary/aromatic N) is 2. The van der Waals surface area contributed by atoms with Crippen LogP contribution in [-0.4, -0.2) is 38.4 Å². The Bertz CT molecular complexity index is 1310. The number of likely N-dealkylation sites (N-methyl/N-ethyl adjacent to an activating group) is 1. The van der Waals surface area contributed by atoms with Crippen molar-refractivity contribution < 1.29 is 13.2 Å².